The number of furan rings is 1. The highest BCUT2D eigenvalue weighted by Crippen LogP contribution is 2.00. The zero-order chi connectivity index (χ0) is 14.1. The third-order valence-corrected chi connectivity index (χ3v) is 2.09. The van der Waals surface area contributed by atoms with Crippen LogP contribution < -0.4 is 0 Å². The van der Waals surface area contributed by atoms with Gasteiger partial charge in [0.15, 0.2) is 11.5 Å². The SMILES string of the molecule is CC(=O)c1ccco1.O=C(O)/C=C/c1ccccc1. The van der Waals surface area contributed by atoms with E-state index in [1.54, 1.807) is 18.2 Å². The Balaban J connectivity index is 0.000000200. The van der Waals surface area contributed by atoms with E-state index in [0.717, 1.165) is 11.6 Å². The van der Waals surface area contributed by atoms with Crippen molar-refractivity contribution < 1.29 is 19.1 Å². The van der Waals surface area contributed by atoms with Crippen molar-refractivity contribution in [3.63, 3.8) is 0 Å². The highest BCUT2D eigenvalue weighted by Gasteiger charge is 1.97. The molecule has 4 heteroatoms. The van der Waals surface area contributed by atoms with Crippen LogP contribution in [0.2, 0.25) is 0 Å². The molecule has 0 aliphatic heterocycles. The number of hydrogen-bond acceptors (Lipinski definition) is 3. The van der Waals surface area contributed by atoms with Crippen LogP contribution in [0.3, 0.4) is 0 Å². The normalized spacial score (nSPS) is 9.74. The van der Waals surface area contributed by atoms with Gasteiger partial charge in [0.05, 0.1) is 6.26 Å². The molecule has 0 unspecified atom stereocenters. The minimum Gasteiger partial charge on any atom is -0.478 e. The predicted octanol–water partition coefficient (Wildman–Crippen LogP) is 3.27. The molecule has 0 saturated heterocycles. The molecule has 0 amide bonds. The fourth-order valence-corrected chi connectivity index (χ4v) is 1.21. The van der Waals surface area contributed by atoms with Gasteiger partial charge >= 0.3 is 5.97 Å². The molecule has 0 fully saturated rings. The summed E-state index contributed by atoms with van der Waals surface area (Å²) >= 11 is 0. The average molecular weight is 258 g/mol. The van der Waals surface area contributed by atoms with E-state index in [9.17, 15) is 9.59 Å². The molecular weight excluding hydrogens is 244 g/mol. The van der Waals surface area contributed by atoms with Crippen LogP contribution in [0.15, 0.2) is 59.2 Å². The number of carboxylic acids is 1. The summed E-state index contributed by atoms with van der Waals surface area (Å²) in [6.45, 7) is 1.47. The number of carboxylic acid groups (broad SMARTS) is 1. The maximum atomic E-state index is 10.4. The van der Waals surface area contributed by atoms with Crippen LogP contribution in [0, 0.1) is 0 Å². The lowest BCUT2D eigenvalue weighted by Crippen LogP contribution is -1.85. The quantitative estimate of drug-likeness (QED) is 0.677. The maximum Gasteiger partial charge on any atom is 0.328 e. The minimum absolute atomic E-state index is 0.0324. The molecule has 0 spiro atoms. The summed E-state index contributed by atoms with van der Waals surface area (Å²) in [5, 5.41) is 8.29. The van der Waals surface area contributed by atoms with Gasteiger partial charge in [-0.05, 0) is 23.8 Å². The van der Waals surface area contributed by atoms with E-state index >= 15 is 0 Å². The van der Waals surface area contributed by atoms with Gasteiger partial charge in [0.2, 0.25) is 0 Å². The van der Waals surface area contributed by atoms with Gasteiger partial charge in [-0.3, -0.25) is 4.79 Å². The van der Waals surface area contributed by atoms with Crippen LogP contribution in [0.1, 0.15) is 23.0 Å². The number of hydrogen-bond donors (Lipinski definition) is 1. The fourth-order valence-electron chi connectivity index (χ4n) is 1.21. The molecule has 1 heterocycles. The molecule has 0 bridgehead atoms. The van der Waals surface area contributed by atoms with Crippen LogP contribution in [0.25, 0.3) is 6.08 Å². The number of ketones is 1. The second kappa shape index (κ2) is 7.66. The molecular formula is C15H14O4. The summed E-state index contributed by atoms with van der Waals surface area (Å²) in [5.41, 5.74) is 0.898. The lowest BCUT2D eigenvalue weighted by atomic mass is 10.2. The largest absolute Gasteiger partial charge is 0.478 e. The van der Waals surface area contributed by atoms with Crippen molar-refractivity contribution in [2.75, 3.05) is 0 Å². The van der Waals surface area contributed by atoms with Crippen molar-refractivity contribution in [1.82, 2.24) is 0 Å². The molecule has 98 valence electrons. The van der Waals surface area contributed by atoms with Crippen molar-refractivity contribution in [2.24, 2.45) is 0 Å². The Kier molecular flexibility index (Phi) is 5.82. The Morgan fingerprint density at radius 1 is 1.11 bits per heavy atom. The molecule has 0 aliphatic rings. The molecule has 4 nitrogen and oxygen atoms in total. The van der Waals surface area contributed by atoms with Crippen LogP contribution in [0.5, 0.6) is 0 Å². The van der Waals surface area contributed by atoms with Crippen molar-refractivity contribution in [3.05, 3.63) is 66.1 Å². The van der Waals surface area contributed by atoms with Gasteiger partial charge in [-0.15, -0.1) is 0 Å². The smallest absolute Gasteiger partial charge is 0.328 e. The standard InChI is InChI=1S/C9H8O2.C6H6O2/c10-9(11)7-6-8-4-2-1-3-5-8;1-5(7)6-3-2-4-8-6/h1-7H,(H,10,11);2-4H,1H3/b7-6+;. The van der Waals surface area contributed by atoms with Gasteiger partial charge in [0.25, 0.3) is 0 Å². The van der Waals surface area contributed by atoms with Gasteiger partial charge in [0, 0.05) is 13.0 Å². The zero-order valence-corrected chi connectivity index (χ0v) is 10.4. The number of carbonyl (C=O) groups is 2. The second-order valence-corrected chi connectivity index (χ2v) is 3.62. The van der Waals surface area contributed by atoms with E-state index in [0.29, 0.717) is 5.76 Å². The molecule has 1 aromatic carbocycles. The van der Waals surface area contributed by atoms with Crippen LogP contribution >= 0.6 is 0 Å². The van der Waals surface area contributed by atoms with E-state index < -0.39 is 5.97 Å². The molecule has 0 radical (unpaired) electrons. The number of carbonyl (C=O) groups excluding carboxylic acids is 1. The van der Waals surface area contributed by atoms with E-state index in [1.165, 1.54) is 13.2 Å². The van der Waals surface area contributed by atoms with E-state index in [-0.39, 0.29) is 5.78 Å². The van der Waals surface area contributed by atoms with Crippen molar-refractivity contribution >= 4 is 17.8 Å². The third-order valence-electron chi connectivity index (χ3n) is 2.09. The van der Waals surface area contributed by atoms with E-state index in [2.05, 4.69) is 0 Å². The maximum absolute atomic E-state index is 10.4. The highest BCUT2D eigenvalue weighted by molar-refractivity contribution is 5.91. The summed E-state index contributed by atoms with van der Waals surface area (Å²) in [7, 11) is 0. The predicted molar refractivity (Wildman–Crippen MR) is 71.8 cm³/mol. The summed E-state index contributed by atoms with van der Waals surface area (Å²) < 4.78 is 4.75. The monoisotopic (exact) mass is 258 g/mol. The first-order chi connectivity index (χ1) is 9.09. The number of benzene rings is 1. The summed E-state index contributed by atoms with van der Waals surface area (Å²) in [4.78, 5) is 20.5. The topological polar surface area (TPSA) is 67.5 Å². The van der Waals surface area contributed by atoms with Gasteiger partial charge < -0.3 is 9.52 Å². The summed E-state index contributed by atoms with van der Waals surface area (Å²) in [5.74, 6) is -0.533. The average Bonchev–Trinajstić information content (AvgIpc) is 2.92. The molecule has 0 aliphatic carbocycles. The van der Waals surface area contributed by atoms with Crippen LogP contribution in [0.4, 0.5) is 0 Å². The summed E-state index contributed by atoms with van der Waals surface area (Å²) in [6, 6.07) is 12.6. The minimum atomic E-state index is -0.922. The molecule has 2 aromatic rings. The fraction of sp³-hybridized carbons (Fsp3) is 0.0667. The summed E-state index contributed by atoms with van der Waals surface area (Å²) in [6.07, 6.45) is 4.16. The van der Waals surface area contributed by atoms with E-state index in [4.69, 9.17) is 9.52 Å². The Labute approximate surface area is 111 Å². The van der Waals surface area contributed by atoms with Crippen molar-refractivity contribution in [3.8, 4) is 0 Å². The molecule has 1 N–H and O–H groups in total. The van der Waals surface area contributed by atoms with Gasteiger partial charge in [-0.25, -0.2) is 4.79 Å². The van der Waals surface area contributed by atoms with Crippen LogP contribution in [-0.4, -0.2) is 16.9 Å². The van der Waals surface area contributed by atoms with Crippen molar-refractivity contribution in [2.45, 2.75) is 6.92 Å². The molecule has 2 rings (SSSR count). The van der Waals surface area contributed by atoms with E-state index in [1.807, 2.05) is 30.3 Å². The van der Waals surface area contributed by atoms with Gasteiger partial charge in [-0.2, -0.15) is 0 Å². The first-order valence-electron chi connectivity index (χ1n) is 5.60. The first kappa shape index (κ1) is 14.4. The second-order valence-electron chi connectivity index (χ2n) is 3.62. The van der Waals surface area contributed by atoms with Crippen LogP contribution in [-0.2, 0) is 4.79 Å². The van der Waals surface area contributed by atoms with Crippen molar-refractivity contribution in [1.29, 1.82) is 0 Å². The Bertz CT molecular complexity index is 539. The number of aliphatic carboxylic acids is 1. The lowest BCUT2D eigenvalue weighted by molar-refractivity contribution is -0.131. The molecule has 1 aromatic heterocycles. The molecule has 0 saturated carbocycles. The third kappa shape index (κ3) is 6.02. The Morgan fingerprint density at radius 3 is 2.21 bits per heavy atom. The van der Waals surface area contributed by atoms with Gasteiger partial charge in [0.1, 0.15) is 0 Å². The zero-order valence-electron chi connectivity index (χ0n) is 10.4. The molecule has 19 heavy (non-hydrogen) atoms. The lowest BCUT2D eigenvalue weighted by Gasteiger charge is -1.87. The Hall–Kier alpha value is -2.62. The first-order valence-corrected chi connectivity index (χ1v) is 5.60. The highest BCUT2D eigenvalue weighted by atomic mass is 16.4. The van der Waals surface area contributed by atoms with Gasteiger partial charge in [-0.1, -0.05) is 30.3 Å². The molecule has 0 atom stereocenters. The Morgan fingerprint density at radius 2 is 1.79 bits per heavy atom. The number of rotatable bonds is 3. The number of Topliss-reactive ketones (excluding diaryl/α,β-unsaturated/α-hetero) is 1.